The number of methoxy groups -OCH3 is 1. The van der Waals surface area contributed by atoms with Gasteiger partial charge in [0.2, 0.25) is 5.91 Å². The molecule has 0 aliphatic carbocycles. The number of alkyl carbamates (subject to hydrolysis) is 1. The Hall–Kier alpha value is -3.01. The summed E-state index contributed by atoms with van der Waals surface area (Å²) in [5.41, 5.74) is 0.840. The SMILES string of the molecule is C#CCCC[C@@H](NC(=O)[C@H](CC(C)C)NC(=O)OCc1ccccc1)C(=O)OC. The Bertz CT molecular complexity index is 697. The molecule has 29 heavy (non-hydrogen) atoms. The third-order valence-electron chi connectivity index (χ3n) is 4.14. The molecule has 1 rings (SSSR count). The summed E-state index contributed by atoms with van der Waals surface area (Å²) in [6.45, 7) is 3.96. The van der Waals surface area contributed by atoms with E-state index in [9.17, 15) is 14.4 Å². The van der Waals surface area contributed by atoms with E-state index in [4.69, 9.17) is 15.9 Å². The van der Waals surface area contributed by atoms with Gasteiger partial charge in [0.1, 0.15) is 18.7 Å². The molecule has 158 valence electrons. The van der Waals surface area contributed by atoms with Crippen molar-refractivity contribution in [1.82, 2.24) is 10.6 Å². The molecule has 0 aliphatic rings. The second-order valence-corrected chi connectivity index (χ2v) is 7.07. The van der Waals surface area contributed by atoms with Crippen LogP contribution in [0.3, 0.4) is 0 Å². The Morgan fingerprint density at radius 3 is 2.38 bits per heavy atom. The molecule has 0 aromatic heterocycles. The zero-order chi connectivity index (χ0) is 21.6. The molecule has 2 amide bonds. The highest BCUT2D eigenvalue weighted by atomic mass is 16.5. The second-order valence-electron chi connectivity index (χ2n) is 7.07. The summed E-state index contributed by atoms with van der Waals surface area (Å²) in [5.74, 6) is 1.62. The number of hydrogen-bond acceptors (Lipinski definition) is 5. The van der Waals surface area contributed by atoms with Crippen molar-refractivity contribution in [2.45, 2.75) is 58.2 Å². The van der Waals surface area contributed by atoms with E-state index in [1.807, 2.05) is 44.2 Å². The van der Waals surface area contributed by atoms with Gasteiger partial charge in [-0.05, 0) is 30.7 Å². The molecule has 0 saturated carbocycles. The van der Waals surface area contributed by atoms with Crippen LogP contribution in [0.4, 0.5) is 4.79 Å². The maximum Gasteiger partial charge on any atom is 0.408 e. The van der Waals surface area contributed by atoms with Crippen molar-refractivity contribution in [3.05, 3.63) is 35.9 Å². The summed E-state index contributed by atoms with van der Waals surface area (Å²) in [4.78, 5) is 36.9. The van der Waals surface area contributed by atoms with Gasteiger partial charge in [-0.25, -0.2) is 9.59 Å². The van der Waals surface area contributed by atoms with Crippen molar-refractivity contribution >= 4 is 18.0 Å². The first-order valence-electron chi connectivity index (χ1n) is 9.66. The number of hydrogen-bond donors (Lipinski definition) is 2. The van der Waals surface area contributed by atoms with E-state index in [0.717, 1.165) is 5.56 Å². The summed E-state index contributed by atoms with van der Waals surface area (Å²) >= 11 is 0. The molecule has 1 aromatic rings. The number of carbonyl (C=O) groups is 3. The quantitative estimate of drug-likeness (QED) is 0.337. The normalized spacial score (nSPS) is 12.4. The van der Waals surface area contributed by atoms with Crippen molar-refractivity contribution in [3.8, 4) is 12.3 Å². The lowest BCUT2D eigenvalue weighted by atomic mass is 10.0. The third-order valence-corrected chi connectivity index (χ3v) is 4.14. The highest BCUT2D eigenvalue weighted by Gasteiger charge is 2.28. The van der Waals surface area contributed by atoms with Crippen LogP contribution in [0.2, 0.25) is 0 Å². The Morgan fingerprint density at radius 2 is 1.79 bits per heavy atom. The van der Waals surface area contributed by atoms with Crippen LogP contribution >= 0.6 is 0 Å². The van der Waals surface area contributed by atoms with Crippen LogP contribution in [0.15, 0.2) is 30.3 Å². The van der Waals surface area contributed by atoms with Crippen LogP contribution in [0.1, 0.15) is 45.1 Å². The van der Waals surface area contributed by atoms with E-state index >= 15 is 0 Å². The van der Waals surface area contributed by atoms with Gasteiger partial charge in [-0.3, -0.25) is 4.79 Å². The first-order chi connectivity index (χ1) is 13.9. The molecule has 0 spiro atoms. The largest absolute Gasteiger partial charge is 0.467 e. The maximum absolute atomic E-state index is 12.7. The second kappa shape index (κ2) is 13.2. The number of rotatable bonds is 11. The number of benzene rings is 1. The maximum atomic E-state index is 12.7. The number of carbonyl (C=O) groups excluding carboxylic acids is 3. The van der Waals surface area contributed by atoms with Crippen LogP contribution in [0, 0.1) is 18.3 Å². The summed E-state index contributed by atoms with van der Waals surface area (Å²) in [6, 6.07) is 7.58. The minimum absolute atomic E-state index is 0.0968. The minimum atomic E-state index is -0.835. The molecule has 7 nitrogen and oxygen atoms in total. The zero-order valence-corrected chi connectivity index (χ0v) is 17.3. The number of terminal acetylenes is 1. The molecule has 0 bridgehead atoms. The number of amides is 2. The predicted molar refractivity (Wildman–Crippen MR) is 110 cm³/mol. The lowest BCUT2D eigenvalue weighted by Gasteiger charge is -2.23. The van der Waals surface area contributed by atoms with Gasteiger partial charge in [0.15, 0.2) is 0 Å². The van der Waals surface area contributed by atoms with Gasteiger partial charge in [0, 0.05) is 6.42 Å². The molecule has 2 N–H and O–H groups in total. The fourth-order valence-corrected chi connectivity index (χ4v) is 2.68. The van der Waals surface area contributed by atoms with Crippen LogP contribution in [0.5, 0.6) is 0 Å². The van der Waals surface area contributed by atoms with Crippen molar-refractivity contribution in [3.63, 3.8) is 0 Å². The summed E-state index contributed by atoms with van der Waals surface area (Å²) in [5, 5.41) is 5.25. The average Bonchev–Trinajstić information content (AvgIpc) is 2.71. The smallest absolute Gasteiger partial charge is 0.408 e. The molecule has 2 atom stereocenters. The molecule has 1 aromatic carbocycles. The number of unbranched alkanes of at least 4 members (excludes halogenated alkanes) is 1. The third kappa shape index (κ3) is 9.65. The zero-order valence-electron chi connectivity index (χ0n) is 17.3. The molecule has 0 unspecified atom stereocenters. The molecule has 7 heteroatoms. The van der Waals surface area contributed by atoms with E-state index in [1.54, 1.807) is 0 Å². The Kier molecular flexibility index (Phi) is 10.9. The van der Waals surface area contributed by atoms with E-state index in [1.165, 1.54) is 7.11 Å². The summed E-state index contributed by atoms with van der Waals surface area (Å²) < 4.78 is 9.96. The summed E-state index contributed by atoms with van der Waals surface area (Å²) in [7, 11) is 1.26. The van der Waals surface area contributed by atoms with Crippen LogP contribution in [-0.4, -0.2) is 37.2 Å². The van der Waals surface area contributed by atoms with Gasteiger partial charge >= 0.3 is 12.1 Å². The first kappa shape index (κ1) is 24.0. The molecular weight excluding hydrogens is 372 g/mol. The van der Waals surface area contributed by atoms with Crippen molar-refractivity contribution in [2.24, 2.45) is 5.92 Å². The fourth-order valence-electron chi connectivity index (χ4n) is 2.68. The predicted octanol–water partition coefficient (Wildman–Crippen LogP) is 2.79. The van der Waals surface area contributed by atoms with Gasteiger partial charge in [-0.2, -0.15) is 0 Å². The van der Waals surface area contributed by atoms with Crippen LogP contribution in [0.25, 0.3) is 0 Å². The van der Waals surface area contributed by atoms with E-state index < -0.39 is 30.1 Å². The molecule has 0 fully saturated rings. The Morgan fingerprint density at radius 1 is 1.10 bits per heavy atom. The van der Waals surface area contributed by atoms with Gasteiger partial charge < -0.3 is 20.1 Å². The molecule has 0 heterocycles. The van der Waals surface area contributed by atoms with Crippen LogP contribution < -0.4 is 10.6 Å². The fraction of sp³-hybridized carbons (Fsp3) is 0.500. The molecule has 0 aliphatic heterocycles. The molecule has 0 saturated heterocycles. The van der Waals surface area contributed by atoms with Gasteiger partial charge in [-0.1, -0.05) is 44.2 Å². The highest BCUT2D eigenvalue weighted by Crippen LogP contribution is 2.09. The van der Waals surface area contributed by atoms with Gasteiger partial charge in [0.25, 0.3) is 0 Å². The molecule has 0 radical (unpaired) electrons. The van der Waals surface area contributed by atoms with E-state index in [2.05, 4.69) is 16.6 Å². The number of esters is 1. The number of nitrogens with one attached hydrogen (secondary N) is 2. The Labute approximate surface area is 172 Å². The van der Waals surface area contributed by atoms with Gasteiger partial charge in [0.05, 0.1) is 7.11 Å². The lowest BCUT2D eigenvalue weighted by Crippen LogP contribution is -2.52. The van der Waals surface area contributed by atoms with E-state index in [0.29, 0.717) is 25.7 Å². The first-order valence-corrected chi connectivity index (χ1v) is 9.66. The topological polar surface area (TPSA) is 93.7 Å². The average molecular weight is 402 g/mol. The van der Waals surface area contributed by atoms with Crippen LogP contribution in [-0.2, 0) is 25.7 Å². The van der Waals surface area contributed by atoms with Crippen molar-refractivity contribution in [2.75, 3.05) is 7.11 Å². The standard InChI is InChI=1S/C22H30N2O5/c1-5-6-8-13-18(21(26)28-4)23-20(25)19(14-16(2)3)24-22(27)29-15-17-11-9-7-10-12-17/h1,7,9-12,16,18-19H,6,8,13-15H2,2-4H3,(H,23,25)(H,24,27)/t18-,19+/m1/s1. The minimum Gasteiger partial charge on any atom is -0.467 e. The van der Waals surface area contributed by atoms with Gasteiger partial charge in [-0.15, -0.1) is 12.3 Å². The highest BCUT2D eigenvalue weighted by molar-refractivity contribution is 5.89. The lowest BCUT2D eigenvalue weighted by molar-refractivity contribution is -0.145. The Balaban J connectivity index is 2.70. The van der Waals surface area contributed by atoms with Crippen molar-refractivity contribution in [1.29, 1.82) is 0 Å². The monoisotopic (exact) mass is 402 g/mol. The van der Waals surface area contributed by atoms with E-state index in [-0.39, 0.29) is 12.5 Å². The molecular formula is C22H30N2O5. The number of ether oxygens (including phenoxy) is 2. The van der Waals surface area contributed by atoms with Crippen molar-refractivity contribution < 1.29 is 23.9 Å². The summed E-state index contributed by atoms with van der Waals surface area (Å²) in [6.07, 6.45) is 6.35.